The number of hydrogen-bond donors (Lipinski definition) is 1. The zero-order valence-electron chi connectivity index (χ0n) is 14.0. The third-order valence-electron chi connectivity index (χ3n) is 4.08. The summed E-state index contributed by atoms with van der Waals surface area (Å²) in [6.07, 6.45) is 1.70. The molecule has 0 aliphatic heterocycles. The fraction of sp³-hybridized carbons (Fsp3) is 0.0500. The fourth-order valence-electron chi connectivity index (χ4n) is 2.78. The highest BCUT2D eigenvalue weighted by Gasteiger charge is 2.14. The van der Waals surface area contributed by atoms with Gasteiger partial charge in [0.1, 0.15) is 5.82 Å². The quantitative estimate of drug-likeness (QED) is 0.583. The van der Waals surface area contributed by atoms with Gasteiger partial charge in [0.25, 0.3) is 5.56 Å². The van der Waals surface area contributed by atoms with Crippen molar-refractivity contribution in [1.29, 1.82) is 0 Å². The summed E-state index contributed by atoms with van der Waals surface area (Å²) in [4.78, 5) is 22.2. The van der Waals surface area contributed by atoms with Gasteiger partial charge in [-0.2, -0.15) is 0 Å². The van der Waals surface area contributed by atoms with Gasteiger partial charge < -0.3 is 5.32 Å². The second kappa shape index (κ2) is 6.61. The zero-order chi connectivity index (χ0) is 18.1. The molecule has 0 bridgehead atoms. The number of aryl methyl sites for hydroxylation is 1. The molecule has 0 saturated heterocycles. The van der Waals surface area contributed by atoms with Crippen LogP contribution in [0.5, 0.6) is 0 Å². The van der Waals surface area contributed by atoms with Gasteiger partial charge in [0.15, 0.2) is 0 Å². The lowest BCUT2D eigenvalue weighted by atomic mass is 10.2. The zero-order valence-corrected chi connectivity index (χ0v) is 14.7. The summed E-state index contributed by atoms with van der Waals surface area (Å²) < 4.78 is 1.53. The molecule has 5 nitrogen and oxygen atoms in total. The van der Waals surface area contributed by atoms with E-state index in [4.69, 9.17) is 11.6 Å². The topological polar surface area (TPSA) is 59.8 Å². The number of pyridine rings is 1. The Hall–Kier alpha value is -3.18. The Balaban J connectivity index is 2.00. The highest BCUT2D eigenvalue weighted by atomic mass is 35.5. The van der Waals surface area contributed by atoms with Crippen LogP contribution in [-0.4, -0.2) is 14.5 Å². The minimum atomic E-state index is -0.195. The van der Waals surface area contributed by atoms with Crippen molar-refractivity contribution in [2.75, 3.05) is 5.32 Å². The highest BCUT2D eigenvalue weighted by molar-refractivity contribution is 6.31. The van der Waals surface area contributed by atoms with Crippen molar-refractivity contribution in [1.82, 2.24) is 14.5 Å². The minimum Gasteiger partial charge on any atom is -0.310 e. The van der Waals surface area contributed by atoms with E-state index in [-0.39, 0.29) is 5.56 Å². The predicted molar refractivity (Wildman–Crippen MR) is 105 cm³/mol. The number of nitrogens with zero attached hydrogens (tertiary/aromatic N) is 3. The normalized spacial score (nSPS) is 10.8. The van der Waals surface area contributed by atoms with Crippen molar-refractivity contribution in [3.8, 4) is 5.69 Å². The summed E-state index contributed by atoms with van der Waals surface area (Å²) >= 11 is 6.08. The van der Waals surface area contributed by atoms with E-state index in [1.165, 1.54) is 4.57 Å². The number of aromatic nitrogens is 3. The maximum Gasteiger partial charge on any atom is 0.267 e. The van der Waals surface area contributed by atoms with E-state index >= 15 is 0 Å². The Morgan fingerprint density at radius 1 is 1.04 bits per heavy atom. The van der Waals surface area contributed by atoms with Crippen molar-refractivity contribution < 1.29 is 0 Å². The predicted octanol–water partition coefficient (Wildman–Crippen LogP) is 4.49. The van der Waals surface area contributed by atoms with Crippen LogP contribution >= 0.6 is 11.6 Å². The molecule has 2 aromatic carbocycles. The van der Waals surface area contributed by atoms with Crippen LogP contribution in [0.3, 0.4) is 0 Å². The van der Waals surface area contributed by atoms with E-state index in [0.717, 1.165) is 5.56 Å². The number of benzene rings is 2. The van der Waals surface area contributed by atoms with Gasteiger partial charge >= 0.3 is 0 Å². The van der Waals surface area contributed by atoms with Crippen LogP contribution in [0, 0.1) is 6.92 Å². The van der Waals surface area contributed by atoms with Crippen molar-refractivity contribution in [3.63, 3.8) is 0 Å². The van der Waals surface area contributed by atoms with Gasteiger partial charge in [0, 0.05) is 11.2 Å². The molecule has 0 aliphatic carbocycles. The molecule has 0 unspecified atom stereocenters. The van der Waals surface area contributed by atoms with Gasteiger partial charge in [-0.05, 0) is 48.9 Å². The van der Waals surface area contributed by atoms with Crippen LogP contribution < -0.4 is 10.9 Å². The van der Waals surface area contributed by atoms with Gasteiger partial charge in [-0.1, -0.05) is 35.9 Å². The number of halogens is 1. The molecule has 0 atom stereocenters. The first-order valence-electron chi connectivity index (χ1n) is 8.10. The van der Waals surface area contributed by atoms with Gasteiger partial charge in [0.2, 0.25) is 5.95 Å². The largest absolute Gasteiger partial charge is 0.310 e. The Kier molecular flexibility index (Phi) is 4.14. The lowest BCUT2D eigenvalue weighted by molar-refractivity contribution is 0.969. The van der Waals surface area contributed by atoms with Gasteiger partial charge in [-0.3, -0.25) is 4.79 Å². The standard InChI is InChI=1S/C20H15ClN4O/c1-13-6-5-11-22-18(13)24-20-23-17-10-9-14(21)12-16(17)19(26)25(20)15-7-3-2-4-8-15/h2-12H,1H3,(H,22,23,24). The van der Waals surface area contributed by atoms with E-state index in [0.29, 0.717) is 33.4 Å². The Morgan fingerprint density at radius 2 is 1.85 bits per heavy atom. The fourth-order valence-corrected chi connectivity index (χ4v) is 2.95. The van der Waals surface area contributed by atoms with Crippen LogP contribution in [0.1, 0.15) is 5.56 Å². The summed E-state index contributed by atoms with van der Waals surface area (Å²) in [6.45, 7) is 1.95. The van der Waals surface area contributed by atoms with Gasteiger partial charge in [-0.25, -0.2) is 14.5 Å². The highest BCUT2D eigenvalue weighted by Crippen LogP contribution is 2.22. The number of rotatable bonds is 3. The third kappa shape index (κ3) is 2.93. The molecule has 128 valence electrons. The van der Waals surface area contributed by atoms with Crippen LogP contribution in [0.4, 0.5) is 11.8 Å². The monoisotopic (exact) mass is 362 g/mol. The first-order chi connectivity index (χ1) is 12.6. The lowest BCUT2D eigenvalue weighted by Gasteiger charge is -2.15. The van der Waals surface area contributed by atoms with Crippen molar-refractivity contribution in [2.45, 2.75) is 6.92 Å². The third-order valence-corrected chi connectivity index (χ3v) is 4.32. The summed E-state index contributed by atoms with van der Waals surface area (Å²) in [6, 6.07) is 18.3. The Labute approximate surface area is 154 Å². The maximum absolute atomic E-state index is 13.2. The molecule has 0 radical (unpaired) electrons. The minimum absolute atomic E-state index is 0.195. The number of nitrogens with one attached hydrogen (secondary N) is 1. The molecule has 0 aliphatic rings. The molecule has 4 aromatic rings. The second-order valence-electron chi connectivity index (χ2n) is 5.87. The molecule has 2 heterocycles. The van der Waals surface area contributed by atoms with Crippen LogP contribution in [0.2, 0.25) is 5.02 Å². The van der Waals surface area contributed by atoms with E-state index in [1.807, 2.05) is 49.4 Å². The average molecular weight is 363 g/mol. The second-order valence-corrected chi connectivity index (χ2v) is 6.30. The molecule has 6 heteroatoms. The number of anilines is 2. The molecule has 26 heavy (non-hydrogen) atoms. The van der Waals surface area contributed by atoms with Crippen LogP contribution in [0.25, 0.3) is 16.6 Å². The van der Waals surface area contributed by atoms with E-state index in [1.54, 1.807) is 24.4 Å². The smallest absolute Gasteiger partial charge is 0.267 e. The van der Waals surface area contributed by atoms with Crippen LogP contribution in [0.15, 0.2) is 71.7 Å². The molecule has 0 fully saturated rings. The first kappa shape index (κ1) is 16.3. The number of fused-ring (bicyclic) bond motifs is 1. The summed E-state index contributed by atoms with van der Waals surface area (Å²) in [5, 5.41) is 4.15. The summed E-state index contributed by atoms with van der Waals surface area (Å²) in [5.41, 5.74) is 2.04. The van der Waals surface area contributed by atoms with Gasteiger partial charge in [-0.15, -0.1) is 0 Å². The van der Waals surface area contributed by atoms with Crippen molar-refractivity contribution in [3.05, 3.63) is 87.8 Å². The Morgan fingerprint density at radius 3 is 2.62 bits per heavy atom. The van der Waals surface area contributed by atoms with Crippen molar-refractivity contribution >= 4 is 34.3 Å². The molecule has 1 N–H and O–H groups in total. The number of hydrogen-bond acceptors (Lipinski definition) is 4. The number of para-hydroxylation sites is 1. The lowest BCUT2D eigenvalue weighted by Crippen LogP contribution is -2.23. The molecular formula is C20H15ClN4O. The van der Waals surface area contributed by atoms with E-state index < -0.39 is 0 Å². The molecule has 0 saturated carbocycles. The Bertz CT molecular complexity index is 1160. The van der Waals surface area contributed by atoms with Gasteiger partial charge in [0.05, 0.1) is 16.6 Å². The maximum atomic E-state index is 13.2. The molecule has 4 rings (SSSR count). The first-order valence-corrected chi connectivity index (χ1v) is 8.47. The molecule has 0 amide bonds. The summed E-state index contributed by atoms with van der Waals surface area (Å²) in [5.74, 6) is 1.05. The average Bonchev–Trinajstić information content (AvgIpc) is 2.65. The van der Waals surface area contributed by atoms with E-state index in [9.17, 15) is 4.79 Å². The van der Waals surface area contributed by atoms with Crippen molar-refractivity contribution in [2.24, 2.45) is 0 Å². The summed E-state index contributed by atoms with van der Waals surface area (Å²) in [7, 11) is 0. The molecule has 2 aromatic heterocycles. The van der Waals surface area contributed by atoms with Crippen LogP contribution in [-0.2, 0) is 0 Å². The van der Waals surface area contributed by atoms with E-state index in [2.05, 4.69) is 15.3 Å². The molecule has 0 spiro atoms. The SMILES string of the molecule is Cc1cccnc1Nc1nc2ccc(Cl)cc2c(=O)n1-c1ccccc1. The molecular weight excluding hydrogens is 348 g/mol.